The number of alkyl halides is 3. The van der Waals surface area contributed by atoms with E-state index in [2.05, 4.69) is 5.10 Å². The maximum Gasteiger partial charge on any atom is 0.406 e. The number of carbonyl (C=O) groups is 2. The average molecular weight is 395 g/mol. The van der Waals surface area contributed by atoms with Crippen molar-refractivity contribution < 1.29 is 27.9 Å². The summed E-state index contributed by atoms with van der Waals surface area (Å²) < 4.78 is 41.7. The van der Waals surface area contributed by atoms with Crippen LogP contribution in [0.15, 0.2) is 30.3 Å². The largest absolute Gasteiger partial charge is 0.481 e. The van der Waals surface area contributed by atoms with Crippen molar-refractivity contribution in [1.29, 1.82) is 0 Å². The molecule has 1 N–H and O–H groups in total. The number of halogens is 3. The minimum Gasteiger partial charge on any atom is -0.481 e. The standard InChI is InChI=1S/C19H20F3N3O3/c1-12-8-13(2)25(23-12)10-14-4-3-5-15(9-14)16(26)24-7-6-18(11-24,17(27)28)19(20,21)22/h3-5,8-9H,6-7,10-11H2,1-2H3,(H,27,28). The van der Waals surface area contributed by atoms with Gasteiger partial charge in [-0.2, -0.15) is 18.3 Å². The van der Waals surface area contributed by atoms with Crippen LogP contribution in [0, 0.1) is 19.3 Å². The number of amides is 1. The smallest absolute Gasteiger partial charge is 0.406 e. The fourth-order valence-corrected chi connectivity index (χ4v) is 3.50. The first-order valence-electron chi connectivity index (χ1n) is 8.73. The van der Waals surface area contributed by atoms with Gasteiger partial charge in [0.25, 0.3) is 5.91 Å². The van der Waals surface area contributed by atoms with Crippen LogP contribution in [0.4, 0.5) is 13.2 Å². The van der Waals surface area contributed by atoms with Gasteiger partial charge in [0.2, 0.25) is 0 Å². The lowest BCUT2D eigenvalue weighted by Crippen LogP contribution is -2.47. The van der Waals surface area contributed by atoms with Gasteiger partial charge in [-0.25, -0.2) is 0 Å². The molecular weight excluding hydrogens is 375 g/mol. The summed E-state index contributed by atoms with van der Waals surface area (Å²) in [4.78, 5) is 25.0. The van der Waals surface area contributed by atoms with Gasteiger partial charge in [-0.05, 0) is 44.0 Å². The summed E-state index contributed by atoms with van der Waals surface area (Å²) in [6.07, 6.45) is -5.58. The Morgan fingerprint density at radius 3 is 2.50 bits per heavy atom. The fraction of sp³-hybridized carbons (Fsp3) is 0.421. The number of aryl methyl sites for hydroxylation is 2. The molecule has 1 fully saturated rings. The van der Waals surface area contributed by atoms with Crippen molar-refractivity contribution in [2.75, 3.05) is 13.1 Å². The Labute approximate surface area is 159 Å². The summed E-state index contributed by atoms with van der Waals surface area (Å²) in [5.41, 5.74) is -0.104. The van der Waals surface area contributed by atoms with Crippen LogP contribution in [0.1, 0.15) is 33.7 Å². The third-order valence-electron chi connectivity index (χ3n) is 5.12. The average Bonchev–Trinajstić information content (AvgIpc) is 3.19. The Balaban J connectivity index is 1.80. The maximum atomic E-state index is 13.3. The van der Waals surface area contributed by atoms with E-state index in [1.165, 1.54) is 6.07 Å². The topological polar surface area (TPSA) is 75.4 Å². The van der Waals surface area contributed by atoms with Crippen LogP contribution in [0.3, 0.4) is 0 Å². The Hall–Kier alpha value is -2.84. The van der Waals surface area contributed by atoms with Gasteiger partial charge in [0.1, 0.15) is 0 Å². The first kappa shape index (κ1) is 19.9. The molecule has 0 radical (unpaired) electrons. The number of likely N-dealkylation sites (tertiary alicyclic amines) is 1. The summed E-state index contributed by atoms with van der Waals surface area (Å²) in [5, 5.41) is 13.5. The summed E-state index contributed by atoms with van der Waals surface area (Å²) in [7, 11) is 0. The van der Waals surface area contributed by atoms with Crippen molar-refractivity contribution in [1.82, 2.24) is 14.7 Å². The van der Waals surface area contributed by atoms with Gasteiger partial charge >= 0.3 is 12.1 Å². The molecule has 1 aromatic heterocycles. The van der Waals surface area contributed by atoms with Gasteiger partial charge in [0.15, 0.2) is 5.41 Å². The van der Waals surface area contributed by atoms with Gasteiger partial charge in [0, 0.05) is 24.3 Å². The molecular formula is C19H20F3N3O3. The molecule has 2 heterocycles. The quantitative estimate of drug-likeness (QED) is 0.864. The molecule has 1 unspecified atom stereocenters. The number of aromatic nitrogens is 2. The number of rotatable bonds is 4. The minimum atomic E-state index is -4.93. The Bertz CT molecular complexity index is 923. The van der Waals surface area contributed by atoms with E-state index in [1.54, 1.807) is 22.9 Å². The van der Waals surface area contributed by atoms with Crippen molar-refractivity contribution in [3.8, 4) is 0 Å². The lowest BCUT2D eigenvalue weighted by molar-refractivity contribution is -0.227. The van der Waals surface area contributed by atoms with Crippen LogP contribution in [0.5, 0.6) is 0 Å². The zero-order valence-corrected chi connectivity index (χ0v) is 15.5. The summed E-state index contributed by atoms with van der Waals surface area (Å²) >= 11 is 0. The first-order valence-corrected chi connectivity index (χ1v) is 8.73. The molecule has 1 amide bonds. The SMILES string of the molecule is Cc1cc(C)n(Cc2cccc(C(=O)N3CCC(C(=O)O)(C(F)(F)F)C3)c2)n1. The van der Waals surface area contributed by atoms with Gasteiger partial charge in [-0.1, -0.05) is 12.1 Å². The van der Waals surface area contributed by atoms with Gasteiger partial charge in [-0.15, -0.1) is 0 Å². The third kappa shape index (κ3) is 3.48. The molecule has 2 aromatic rings. The fourth-order valence-electron chi connectivity index (χ4n) is 3.50. The number of aliphatic carboxylic acids is 1. The molecule has 0 bridgehead atoms. The minimum absolute atomic E-state index is 0.224. The number of hydrogen-bond donors (Lipinski definition) is 1. The number of carboxylic acids is 1. The first-order chi connectivity index (χ1) is 13.0. The summed E-state index contributed by atoms with van der Waals surface area (Å²) in [5.74, 6) is -2.56. The number of benzene rings is 1. The number of carboxylic acid groups (broad SMARTS) is 1. The highest BCUT2D eigenvalue weighted by atomic mass is 19.4. The highest BCUT2D eigenvalue weighted by Gasteiger charge is 2.64. The van der Waals surface area contributed by atoms with Crippen LogP contribution in [0.25, 0.3) is 0 Å². The van der Waals surface area contributed by atoms with E-state index in [1.807, 2.05) is 19.9 Å². The molecule has 9 heteroatoms. The molecule has 0 spiro atoms. The lowest BCUT2D eigenvalue weighted by atomic mass is 9.86. The van der Waals surface area contributed by atoms with Crippen molar-refractivity contribution in [2.24, 2.45) is 5.41 Å². The molecule has 0 saturated carbocycles. The molecule has 150 valence electrons. The van der Waals surface area contributed by atoms with E-state index < -0.39 is 36.4 Å². The molecule has 3 rings (SSSR count). The molecule has 1 saturated heterocycles. The van der Waals surface area contributed by atoms with Gasteiger partial charge < -0.3 is 10.0 Å². The predicted octanol–water partition coefficient (Wildman–Crippen LogP) is 3.03. The second kappa shape index (κ2) is 6.96. The predicted molar refractivity (Wildman–Crippen MR) is 93.9 cm³/mol. The Morgan fingerprint density at radius 2 is 1.96 bits per heavy atom. The normalized spacial score (nSPS) is 19.8. The van der Waals surface area contributed by atoms with Crippen LogP contribution in [-0.4, -0.2) is 50.9 Å². The number of carbonyl (C=O) groups excluding carboxylic acids is 1. The molecule has 1 atom stereocenters. The zero-order valence-electron chi connectivity index (χ0n) is 15.5. The van der Waals surface area contributed by atoms with Crippen molar-refractivity contribution in [3.63, 3.8) is 0 Å². The van der Waals surface area contributed by atoms with Crippen LogP contribution in [-0.2, 0) is 11.3 Å². The molecule has 0 aliphatic carbocycles. The molecule has 6 nitrogen and oxygen atoms in total. The van der Waals surface area contributed by atoms with Crippen molar-refractivity contribution in [2.45, 2.75) is 33.0 Å². The highest BCUT2D eigenvalue weighted by molar-refractivity contribution is 5.95. The van der Waals surface area contributed by atoms with Crippen LogP contribution < -0.4 is 0 Å². The van der Waals surface area contributed by atoms with E-state index in [0.717, 1.165) is 21.9 Å². The van der Waals surface area contributed by atoms with E-state index in [0.29, 0.717) is 6.54 Å². The lowest BCUT2D eigenvalue weighted by Gasteiger charge is -2.27. The Morgan fingerprint density at radius 1 is 1.25 bits per heavy atom. The van der Waals surface area contributed by atoms with E-state index in [4.69, 9.17) is 5.11 Å². The van der Waals surface area contributed by atoms with Crippen LogP contribution in [0.2, 0.25) is 0 Å². The maximum absolute atomic E-state index is 13.3. The zero-order chi connectivity index (χ0) is 20.7. The number of hydrogen-bond acceptors (Lipinski definition) is 3. The van der Waals surface area contributed by atoms with E-state index in [-0.39, 0.29) is 12.1 Å². The van der Waals surface area contributed by atoms with E-state index >= 15 is 0 Å². The Kier molecular flexibility index (Phi) is 4.95. The second-order valence-electron chi connectivity index (χ2n) is 7.15. The summed E-state index contributed by atoms with van der Waals surface area (Å²) in [6, 6.07) is 8.49. The van der Waals surface area contributed by atoms with Crippen molar-refractivity contribution >= 4 is 11.9 Å². The summed E-state index contributed by atoms with van der Waals surface area (Å²) in [6.45, 7) is 3.05. The van der Waals surface area contributed by atoms with E-state index in [9.17, 15) is 22.8 Å². The van der Waals surface area contributed by atoms with Gasteiger partial charge in [-0.3, -0.25) is 14.3 Å². The molecule has 28 heavy (non-hydrogen) atoms. The van der Waals surface area contributed by atoms with Crippen molar-refractivity contribution in [3.05, 3.63) is 52.8 Å². The highest BCUT2D eigenvalue weighted by Crippen LogP contribution is 2.46. The molecule has 1 aliphatic heterocycles. The molecule has 1 aromatic carbocycles. The second-order valence-corrected chi connectivity index (χ2v) is 7.15. The van der Waals surface area contributed by atoms with Crippen LogP contribution >= 0.6 is 0 Å². The number of nitrogens with zero attached hydrogens (tertiary/aromatic N) is 3. The third-order valence-corrected chi connectivity index (χ3v) is 5.12. The monoisotopic (exact) mass is 395 g/mol. The molecule has 1 aliphatic rings. The van der Waals surface area contributed by atoms with Gasteiger partial charge in [0.05, 0.1) is 12.2 Å².